The number of carbonyl (C=O) groups excluding carboxylic acids is 2. The molecule has 124 valence electrons. The van der Waals surface area contributed by atoms with Gasteiger partial charge >= 0.3 is 0 Å². The second-order valence-corrected chi connectivity index (χ2v) is 7.06. The standard InChI is InChI=1S/C18H30N2O2/c1-13(2)10-11-20-16-9-7-5-4-6-8-14(16)12-15(18(20)22)17(21)19-3/h12-14,16H,4-11H2,1-3H3,(H,19,21). The first-order chi connectivity index (χ1) is 10.5. The molecule has 1 aliphatic carbocycles. The summed E-state index contributed by atoms with van der Waals surface area (Å²) in [6.45, 7) is 5.13. The van der Waals surface area contributed by atoms with Gasteiger partial charge in [0.05, 0.1) is 0 Å². The predicted molar refractivity (Wildman–Crippen MR) is 88.3 cm³/mol. The average molecular weight is 306 g/mol. The molecule has 4 heteroatoms. The Labute approximate surface area is 134 Å². The van der Waals surface area contributed by atoms with Gasteiger partial charge in [-0.25, -0.2) is 0 Å². The zero-order valence-corrected chi connectivity index (χ0v) is 14.2. The highest BCUT2D eigenvalue weighted by Gasteiger charge is 2.38. The number of nitrogens with zero attached hydrogens (tertiary/aromatic N) is 1. The average Bonchev–Trinajstić information content (AvgIpc) is 2.46. The largest absolute Gasteiger partial charge is 0.355 e. The number of likely N-dealkylation sites (N-methyl/N-ethyl adjacent to an activating group) is 1. The van der Waals surface area contributed by atoms with Crippen LogP contribution in [0.15, 0.2) is 11.6 Å². The van der Waals surface area contributed by atoms with Gasteiger partial charge in [-0.3, -0.25) is 9.59 Å². The fraction of sp³-hybridized carbons (Fsp3) is 0.778. The van der Waals surface area contributed by atoms with Crippen LogP contribution in [-0.4, -0.2) is 36.3 Å². The Balaban J connectivity index is 2.26. The topological polar surface area (TPSA) is 49.4 Å². The molecule has 1 aliphatic heterocycles. The van der Waals surface area contributed by atoms with Crippen molar-refractivity contribution in [2.75, 3.05) is 13.6 Å². The van der Waals surface area contributed by atoms with E-state index in [1.807, 2.05) is 11.0 Å². The number of amides is 2. The van der Waals surface area contributed by atoms with Crippen LogP contribution >= 0.6 is 0 Å². The Morgan fingerprint density at radius 1 is 1.27 bits per heavy atom. The van der Waals surface area contributed by atoms with E-state index in [-0.39, 0.29) is 11.8 Å². The summed E-state index contributed by atoms with van der Waals surface area (Å²) in [5.41, 5.74) is 0.355. The first kappa shape index (κ1) is 17.0. The van der Waals surface area contributed by atoms with E-state index in [1.165, 1.54) is 25.7 Å². The van der Waals surface area contributed by atoms with Crippen LogP contribution in [0, 0.1) is 11.8 Å². The molecule has 1 heterocycles. The monoisotopic (exact) mass is 306 g/mol. The van der Waals surface area contributed by atoms with E-state index in [9.17, 15) is 9.59 Å². The van der Waals surface area contributed by atoms with Crippen molar-refractivity contribution >= 4 is 11.8 Å². The van der Waals surface area contributed by atoms with Gasteiger partial charge in [-0.2, -0.15) is 0 Å². The maximum absolute atomic E-state index is 12.8. The third-order valence-electron chi connectivity index (χ3n) is 4.97. The SMILES string of the molecule is CNC(=O)C1=CC2CCCCCCC2N(CCC(C)C)C1=O. The molecule has 4 nitrogen and oxygen atoms in total. The number of hydrogen-bond acceptors (Lipinski definition) is 2. The highest BCUT2D eigenvalue weighted by Crippen LogP contribution is 2.33. The van der Waals surface area contributed by atoms with E-state index in [2.05, 4.69) is 19.2 Å². The maximum Gasteiger partial charge on any atom is 0.259 e. The lowest BCUT2D eigenvalue weighted by molar-refractivity contribution is -0.134. The van der Waals surface area contributed by atoms with E-state index in [0.29, 0.717) is 23.5 Å². The molecule has 0 aromatic rings. The van der Waals surface area contributed by atoms with Gasteiger partial charge in [0, 0.05) is 19.6 Å². The minimum Gasteiger partial charge on any atom is -0.355 e. The molecule has 0 bridgehead atoms. The molecule has 1 N–H and O–H groups in total. The lowest BCUT2D eigenvalue weighted by atomic mass is 9.81. The Morgan fingerprint density at radius 2 is 1.95 bits per heavy atom. The Kier molecular flexibility index (Phi) is 6.04. The van der Waals surface area contributed by atoms with Gasteiger partial charge in [0.1, 0.15) is 5.57 Å². The summed E-state index contributed by atoms with van der Waals surface area (Å²) in [7, 11) is 1.60. The van der Waals surface area contributed by atoms with E-state index >= 15 is 0 Å². The first-order valence-corrected chi connectivity index (χ1v) is 8.79. The molecule has 2 unspecified atom stereocenters. The van der Waals surface area contributed by atoms with Crippen LogP contribution < -0.4 is 5.32 Å². The molecule has 22 heavy (non-hydrogen) atoms. The smallest absolute Gasteiger partial charge is 0.259 e. The zero-order valence-electron chi connectivity index (χ0n) is 14.2. The highest BCUT2D eigenvalue weighted by molar-refractivity contribution is 6.18. The predicted octanol–water partition coefficient (Wildman–Crippen LogP) is 2.89. The summed E-state index contributed by atoms with van der Waals surface area (Å²) < 4.78 is 0. The van der Waals surface area contributed by atoms with Crippen LogP contribution in [0.5, 0.6) is 0 Å². The second-order valence-electron chi connectivity index (χ2n) is 7.06. The first-order valence-electron chi connectivity index (χ1n) is 8.79. The van der Waals surface area contributed by atoms with Gasteiger partial charge in [-0.1, -0.05) is 45.6 Å². The van der Waals surface area contributed by atoms with E-state index in [0.717, 1.165) is 25.8 Å². The number of fused-ring (bicyclic) bond motifs is 1. The Morgan fingerprint density at radius 3 is 2.59 bits per heavy atom. The molecule has 2 rings (SSSR count). The van der Waals surface area contributed by atoms with Crippen molar-refractivity contribution in [3.63, 3.8) is 0 Å². The molecule has 0 aromatic carbocycles. The van der Waals surface area contributed by atoms with Crippen LogP contribution in [0.25, 0.3) is 0 Å². The lowest BCUT2D eigenvalue weighted by Crippen LogP contribution is -2.51. The van der Waals surface area contributed by atoms with Crippen molar-refractivity contribution in [1.82, 2.24) is 10.2 Å². The second kappa shape index (κ2) is 7.80. The van der Waals surface area contributed by atoms with Crippen LogP contribution in [0.4, 0.5) is 0 Å². The van der Waals surface area contributed by atoms with Crippen LogP contribution in [0.2, 0.25) is 0 Å². The molecule has 0 saturated heterocycles. The Bertz CT molecular complexity index is 442. The van der Waals surface area contributed by atoms with Crippen LogP contribution in [-0.2, 0) is 9.59 Å². The summed E-state index contributed by atoms with van der Waals surface area (Å²) in [5, 5.41) is 2.62. The van der Waals surface area contributed by atoms with Crippen molar-refractivity contribution in [1.29, 1.82) is 0 Å². The normalized spacial score (nSPS) is 26.1. The lowest BCUT2D eigenvalue weighted by Gasteiger charge is -2.41. The third-order valence-corrected chi connectivity index (χ3v) is 4.97. The number of carbonyl (C=O) groups is 2. The van der Waals surface area contributed by atoms with Gasteiger partial charge in [-0.05, 0) is 31.1 Å². The molecule has 2 atom stereocenters. The molecule has 0 spiro atoms. The fourth-order valence-electron chi connectivity index (χ4n) is 3.64. The van der Waals surface area contributed by atoms with Crippen molar-refractivity contribution < 1.29 is 9.59 Å². The van der Waals surface area contributed by atoms with Gasteiger partial charge in [-0.15, -0.1) is 0 Å². The van der Waals surface area contributed by atoms with E-state index in [1.54, 1.807) is 7.05 Å². The van der Waals surface area contributed by atoms with Crippen molar-refractivity contribution in [3.8, 4) is 0 Å². The fourth-order valence-corrected chi connectivity index (χ4v) is 3.64. The third kappa shape index (κ3) is 3.90. The zero-order chi connectivity index (χ0) is 16.1. The Hall–Kier alpha value is -1.32. The summed E-state index contributed by atoms with van der Waals surface area (Å²) in [6.07, 6.45) is 10.1. The molecule has 0 aromatic heterocycles. The van der Waals surface area contributed by atoms with Crippen molar-refractivity contribution in [2.24, 2.45) is 11.8 Å². The number of hydrogen-bond donors (Lipinski definition) is 1. The maximum atomic E-state index is 12.8. The molecular formula is C18H30N2O2. The van der Waals surface area contributed by atoms with Crippen LogP contribution in [0.3, 0.4) is 0 Å². The number of rotatable bonds is 4. The molecule has 2 amide bonds. The summed E-state index contributed by atoms with van der Waals surface area (Å²) >= 11 is 0. The summed E-state index contributed by atoms with van der Waals surface area (Å²) in [6, 6.07) is 0.292. The molecular weight excluding hydrogens is 276 g/mol. The summed E-state index contributed by atoms with van der Waals surface area (Å²) in [5.74, 6) is 0.605. The molecule has 2 aliphatic rings. The minimum absolute atomic E-state index is 0.0678. The van der Waals surface area contributed by atoms with Gasteiger partial charge in [0.25, 0.3) is 11.8 Å². The van der Waals surface area contributed by atoms with E-state index < -0.39 is 0 Å². The van der Waals surface area contributed by atoms with Gasteiger partial charge in [0.15, 0.2) is 0 Å². The van der Waals surface area contributed by atoms with Gasteiger partial charge in [0.2, 0.25) is 0 Å². The summed E-state index contributed by atoms with van der Waals surface area (Å²) in [4.78, 5) is 26.9. The molecule has 1 saturated carbocycles. The molecule has 1 fully saturated rings. The van der Waals surface area contributed by atoms with Gasteiger partial charge < -0.3 is 10.2 Å². The van der Waals surface area contributed by atoms with E-state index in [4.69, 9.17) is 0 Å². The molecule has 0 radical (unpaired) electrons. The quantitative estimate of drug-likeness (QED) is 0.812. The number of nitrogens with one attached hydrogen (secondary N) is 1. The van der Waals surface area contributed by atoms with Crippen molar-refractivity contribution in [2.45, 2.75) is 64.8 Å². The van der Waals surface area contributed by atoms with Crippen molar-refractivity contribution in [3.05, 3.63) is 11.6 Å². The highest BCUT2D eigenvalue weighted by atomic mass is 16.2. The van der Waals surface area contributed by atoms with Crippen LogP contribution in [0.1, 0.15) is 58.8 Å². The minimum atomic E-state index is -0.236.